The van der Waals surface area contributed by atoms with Crippen molar-refractivity contribution in [3.8, 4) is 5.75 Å². The Balaban J connectivity index is 1.48. The lowest BCUT2D eigenvalue weighted by Gasteiger charge is -2.59. The van der Waals surface area contributed by atoms with Crippen molar-refractivity contribution in [2.45, 2.75) is 63.3 Å². The maximum absolute atomic E-state index is 11.1. The second-order valence-corrected chi connectivity index (χ2v) is 9.04. The average Bonchev–Trinajstić information content (AvgIpc) is 3.11. The van der Waals surface area contributed by atoms with E-state index in [0.29, 0.717) is 25.0 Å². The topological polar surface area (TPSA) is 47.9 Å². The molecule has 3 aliphatic carbocycles. The van der Waals surface area contributed by atoms with Crippen LogP contribution in [0, 0.1) is 17.3 Å². The first-order chi connectivity index (χ1) is 12.5. The molecule has 4 heteroatoms. The first-order valence-corrected chi connectivity index (χ1v) is 10.2. The number of benzene rings is 1. The minimum Gasteiger partial charge on any atom is -0.497 e. The summed E-state index contributed by atoms with van der Waals surface area (Å²) in [6.07, 6.45) is 5.80. The van der Waals surface area contributed by atoms with E-state index in [1.54, 1.807) is 7.11 Å². The van der Waals surface area contributed by atoms with Crippen LogP contribution in [0.15, 0.2) is 18.2 Å². The number of fused-ring (bicyclic) bond motifs is 5. The molecular formula is C22H30O4. The molecule has 3 fully saturated rings. The number of aliphatic hydroxyl groups excluding tert-OH is 1. The Hall–Kier alpha value is -1.10. The van der Waals surface area contributed by atoms with E-state index in [9.17, 15) is 5.11 Å². The molecule has 142 valence electrons. The summed E-state index contributed by atoms with van der Waals surface area (Å²) < 4.78 is 17.4. The summed E-state index contributed by atoms with van der Waals surface area (Å²) in [6.45, 7) is 3.82. The Labute approximate surface area is 155 Å². The molecule has 0 radical (unpaired) electrons. The fourth-order valence-corrected chi connectivity index (χ4v) is 6.63. The van der Waals surface area contributed by atoms with Crippen LogP contribution in [0.4, 0.5) is 0 Å². The largest absolute Gasteiger partial charge is 0.497 e. The lowest BCUT2D eigenvalue weighted by Crippen LogP contribution is -2.57. The van der Waals surface area contributed by atoms with Gasteiger partial charge in [0.15, 0.2) is 5.79 Å². The summed E-state index contributed by atoms with van der Waals surface area (Å²) in [7, 11) is 1.73. The first kappa shape index (κ1) is 17.0. The molecule has 1 aliphatic heterocycles. The number of aryl methyl sites for hydroxylation is 1. The summed E-state index contributed by atoms with van der Waals surface area (Å²) in [5.41, 5.74) is 3.02. The molecule has 5 rings (SSSR count). The first-order valence-electron chi connectivity index (χ1n) is 10.2. The Morgan fingerprint density at radius 2 is 1.96 bits per heavy atom. The molecule has 26 heavy (non-hydrogen) atoms. The minimum atomic E-state index is -0.419. The lowest BCUT2D eigenvalue weighted by molar-refractivity contribution is -0.235. The van der Waals surface area contributed by atoms with Crippen molar-refractivity contribution >= 4 is 0 Å². The molecule has 0 amide bonds. The van der Waals surface area contributed by atoms with E-state index in [2.05, 4.69) is 25.1 Å². The molecule has 1 saturated heterocycles. The summed E-state index contributed by atoms with van der Waals surface area (Å²) in [5, 5.41) is 11.1. The van der Waals surface area contributed by atoms with E-state index in [-0.39, 0.29) is 17.4 Å². The van der Waals surface area contributed by atoms with Gasteiger partial charge >= 0.3 is 0 Å². The predicted molar refractivity (Wildman–Crippen MR) is 98.3 cm³/mol. The van der Waals surface area contributed by atoms with Crippen molar-refractivity contribution in [1.29, 1.82) is 0 Å². The van der Waals surface area contributed by atoms with Gasteiger partial charge in [-0.25, -0.2) is 0 Å². The summed E-state index contributed by atoms with van der Waals surface area (Å²) >= 11 is 0. The normalized spacial score (nSPS) is 40.6. The number of methoxy groups -OCH3 is 1. The van der Waals surface area contributed by atoms with Crippen LogP contribution in [0.25, 0.3) is 0 Å². The highest BCUT2D eigenvalue weighted by atomic mass is 16.7. The van der Waals surface area contributed by atoms with Gasteiger partial charge in [0.25, 0.3) is 0 Å². The monoisotopic (exact) mass is 358 g/mol. The second-order valence-electron chi connectivity index (χ2n) is 9.04. The van der Waals surface area contributed by atoms with E-state index in [1.807, 2.05) is 0 Å². The fraction of sp³-hybridized carbons (Fsp3) is 0.727. The summed E-state index contributed by atoms with van der Waals surface area (Å²) in [6, 6.07) is 6.52. The number of hydrogen-bond acceptors (Lipinski definition) is 4. The third-order valence-corrected chi connectivity index (χ3v) is 8.00. The average molecular weight is 358 g/mol. The van der Waals surface area contributed by atoms with Gasteiger partial charge < -0.3 is 19.3 Å². The zero-order valence-corrected chi connectivity index (χ0v) is 15.9. The highest BCUT2D eigenvalue weighted by Gasteiger charge is 2.59. The van der Waals surface area contributed by atoms with Crippen LogP contribution in [-0.2, 0) is 15.9 Å². The Kier molecular flexibility index (Phi) is 3.90. The standard InChI is InChI=1S/C22H30O4/c1-21-7-8-22(25-9-10-26-22)13-19(21)20(23)12-17-16-5-4-15(24-2)11-14(16)3-6-18(17)21/h4-5,11,17-20,23H,3,6-10,12-13H2,1-2H3/t17-,18-,19+,20+,21+/m0/s1. The highest BCUT2D eigenvalue weighted by Crippen LogP contribution is 2.63. The molecule has 0 aromatic heterocycles. The van der Waals surface area contributed by atoms with E-state index >= 15 is 0 Å². The van der Waals surface area contributed by atoms with Crippen LogP contribution in [0.5, 0.6) is 5.75 Å². The van der Waals surface area contributed by atoms with Gasteiger partial charge in [0.05, 0.1) is 26.4 Å². The molecule has 2 saturated carbocycles. The molecule has 5 atom stereocenters. The number of aliphatic hydroxyl groups is 1. The molecule has 0 bridgehead atoms. The molecule has 4 aliphatic rings. The molecular weight excluding hydrogens is 328 g/mol. The van der Waals surface area contributed by atoms with Crippen LogP contribution < -0.4 is 4.74 Å². The van der Waals surface area contributed by atoms with E-state index in [4.69, 9.17) is 14.2 Å². The van der Waals surface area contributed by atoms with Crippen LogP contribution in [0.3, 0.4) is 0 Å². The van der Waals surface area contributed by atoms with Gasteiger partial charge in [0.2, 0.25) is 0 Å². The van der Waals surface area contributed by atoms with Gasteiger partial charge in [0.1, 0.15) is 5.75 Å². The number of ether oxygens (including phenoxy) is 3. The molecule has 1 heterocycles. The maximum atomic E-state index is 11.1. The molecule has 1 aromatic rings. The SMILES string of the molecule is COc1ccc2c(c1)CC[C@H]1[C@H]2C[C@@H](O)[C@H]2CC3(CC[C@@]21C)OCCO3. The molecule has 0 unspecified atom stereocenters. The molecule has 1 N–H and O–H groups in total. The van der Waals surface area contributed by atoms with Crippen molar-refractivity contribution in [3.63, 3.8) is 0 Å². The Morgan fingerprint density at radius 3 is 2.73 bits per heavy atom. The molecule has 4 nitrogen and oxygen atoms in total. The third kappa shape index (κ3) is 2.38. The van der Waals surface area contributed by atoms with Crippen molar-refractivity contribution in [2.24, 2.45) is 17.3 Å². The number of hydrogen-bond donors (Lipinski definition) is 1. The quantitative estimate of drug-likeness (QED) is 0.832. The van der Waals surface area contributed by atoms with Crippen molar-refractivity contribution in [1.82, 2.24) is 0 Å². The highest BCUT2D eigenvalue weighted by molar-refractivity contribution is 5.41. The van der Waals surface area contributed by atoms with Gasteiger partial charge in [-0.3, -0.25) is 0 Å². The Bertz CT molecular complexity index is 695. The molecule has 1 aromatic carbocycles. The number of rotatable bonds is 1. The second kappa shape index (κ2) is 5.95. The summed E-state index contributed by atoms with van der Waals surface area (Å²) in [4.78, 5) is 0. The predicted octanol–water partition coefficient (Wildman–Crippen LogP) is 3.66. The lowest BCUT2D eigenvalue weighted by atomic mass is 9.48. The third-order valence-electron chi connectivity index (χ3n) is 8.00. The van der Waals surface area contributed by atoms with Gasteiger partial charge in [0, 0.05) is 12.8 Å². The minimum absolute atomic E-state index is 0.167. The fourth-order valence-electron chi connectivity index (χ4n) is 6.63. The van der Waals surface area contributed by atoms with Crippen LogP contribution in [0.1, 0.15) is 56.1 Å². The van der Waals surface area contributed by atoms with Crippen molar-refractivity contribution in [2.75, 3.05) is 20.3 Å². The van der Waals surface area contributed by atoms with E-state index in [1.165, 1.54) is 17.5 Å². The zero-order chi connectivity index (χ0) is 17.9. The van der Waals surface area contributed by atoms with Gasteiger partial charge in [-0.1, -0.05) is 13.0 Å². The Morgan fingerprint density at radius 1 is 1.15 bits per heavy atom. The van der Waals surface area contributed by atoms with Gasteiger partial charge in [-0.2, -0.15) is 0 Å². The van der Waals surface area contributed by atoms with Gasteiger partial charge in [-0.15, -0.1) is 0 Å². The smallest absolute Gasteiger partial charge is 0.168 e. The van der Waals surface area contributed by atoms with Crippen LogP contribution in [-0.4, -0.2) is 37.3 Å². The van der Waals surface area contributed by atoms with Crippen molar-refractivity contribution in [3.05, 3.63) is 29.3 Å². The van der Waals surface area contributed by atoms with Gasteiger partial charge in [-0.05, 0) is 72.1 Å². The van der Waals surface area contributed by atoms with Crippen LogP contribution in [0.2, 0.25) is 0 Å². The molecule has 1 spiro atoms. The zero-order valence-electron chi connectivity index (χ0n) is 15.9. The van der Waals surface area contributed by atoms with Crippen LogP contribution >= 0.6 is 0 Å². The maximum Gasteiger partial charge on any atom is 0.168 e. The summed E-state index contributed by atoms with van der Waals surface area (Å²) in [5.74, 6) is 1.89. The van der Waals surface area contributed by atoms with Crippen molar-refractivity contribution < 1.29 is 19.3 Å². The van der Waals surface area contributed by atoms with E-state index < -0.39 is 5.79 Å². The van der Waals surface area contributed by atoms with E-state index in [0.717, 1.165) is 37.9 Å².